The second kappa shape index (κ2) is 7.64. The van der Waals surface area contributed by atoms with Gasteiger partial charge in [0.25, 0.3) is 5.91 Å². The van der Waals surface area contributed by atoms with Crippen molar-refractivity contribution in [2.75, 3.05) is 39.4 Å². The lowest BCUT2D eigenvalue weighted by molar-refractivity contribution is 0.0383. The molecule has 0 bridgehead atoms. The minimum Gasteiger partial charge on any atom is -0.379 e. The third kappa shape index (κ3) is 3.86. The average Bonchev–Trinajstić information content (AvgIpc) is 2.97. The number of carbonyl (C=O) groups is 1. The highest BCUT2D eigenvalue weighted by Gasteiger charge is 2.14. The van der Waals surface area contributed by atoms with E-state index in [1.54, 1.807) is 0 Å². The molecule has 0 aliphatic carbocycles. The van der Waals surface area contributed by atoms with Gasteiger partial charge >= 0.3 is 0 Å². The lowest BCUT2D eigenvalue weighted by Gasteiger charge is -2.26. The first kappa shape index (κ1) is 16.7. The fraction of sp³-hybridized carbons (Fsp3) is 0.421. The highest BCUT2D eigenvalue weighted by atomic mass is 16.5. The van der Waals surface area contributed by atoms with Crippen LogP contribution in [0.5, 0.6) is 0 Å². The molecule has 0 saturated carbocycles. The number of nitrogens with zero attached hydrogens (tertiary/aromatic N) is 2. The third-order valence-corrected chi connectivity index (χ3v) is 4.49. The van der Waals surface area contributed by atoms with Crippen molar-refractivity contribution in [3.05, 3.63) is 47.7 Å². The van der Waals surface area contributed by atoms with Crippen molar-refractivity contribution in [3.8, 4) is 11.3 Å². The lowest BCUT2D eigenvalue weighted by Crippen LogP contribution is -2.41. The Morgan fingerprint density at radius 2 is 2.00 bits per heavy atom. The van der Waals surface area contributed by atoms with Crippen LogP contribution in [0, 0.1) is 6.92 Å². The Labute approximate surface area is 143 Å². The maximum Gasteiger partial charge on any atom is 0.267 e. The molecular weight excluding hydrogens is 302 g/mol. The minimum atomic E-state index is -0.0235. The first-order valence-electron chi connectivity index (χ1n) is 8.46. The smallest absolute Gasteiger partial charge is 0.267 e. The Kier molecular flexibility index (Phi) is 5.33. The van der Waals surface area contributed by atoms with Crippen LogP contribution in [0.3, 0.4) is 0 Å². The molecule has 0 atom stereocenters. The predicted octanol–water partition coefficient (Wildman–Crippen LogP) is 2.06. The van der Waals surface area contributed by atoms with Gasteiger partial charge in [-0.05, 0) is 30.7 Å². The van der Waals surface area contributed by atoms with Gasteiger partial charge in [0, 0.05) is 38.9 Å². The van der Waals surface area contributed by atoms with Gasteiger partial charge in [-0.1, -0.05) is 23.8 Å². The molecule has 0 spiro atoms. The van der Waals surface area contributed by atoms with E-state index in [2.05, 4.69) is 35.3 Å². The Bertz CT molecular complexity index is 702. The summed E-state index contributed by atoms with van der Waals surface area (Å²) in [5, 5.41) is 3.02. The van der Waals surface area contributed by atoms with Crippen LogP contribution in [0.1, 0.15) is 16.1 Å². The van der Waals surface area contributed by atoms with E-state index in [4.69, 9.17) is 4.74 Å². The summed E-state index contributed by atoms with van der Waals surface area (Å²) in [5.41, 5.74) is 4.08. The monoisotopic (exact) mass is 327 g/mol. The van der Waals surface area contributed by atoms with Crippen molar-refractivity contribution in [3.63, 3.8) is 0 Å². The molecule has 24 heavy (non-hydrogen) atoms. The number of carbonyl (C=O) groups excluding carboxylic acids is 1. The zero-order valence-corrected chi connectivity index (χ0v) is 14.4. The molecule has 1 aromatic carbocycles. The van der Waals surface area contributed by atoms with Crippen molar-refractivity contribution in [2.45, 2.75) is 6.92 Å². The SMILES string of the molecule is Cc1cccc(-c2ccc(C(=O)NCCN3CCOCC3)n2C)c1. The van der Waals surface area contributed by atoms with Gasteiger partial charge in [0.05, 0.1) is 13.2 Å². The molecule has 1 aromatic heterocycles. The number of morpholine rings is 1. The molecule has 1 aliphatic rings. The minimum absolute atomic E-state index is 0.0235. The molecule has 5 heteroatoms. The molecule has 3 rings (SSSR count). The summed E-state index contributed by atoms with van der Waals surface area (Å²) in [6.45, 7) is 7.05. The second-order valence-corrected chi connectivity index (χ2v) is 6.24. The molecule has 1 aliphatic heterocycles. The largest absolute Gasteiger partial charge is 0.379 e. The number of benzene rings is 1. The van der Waals surface area contributed by atoms with Crippen LogP contribution >= 0.6 is 0 Å². The van der Waals surface area contributed by atoms with Crippen LogP contribution < -0.4 is 5.32 Å². The van der Waals surface area contributed by atoms with E-state index in [0.29, 0.717) is 12.2 Å². The van der Waals surface area contributed by atoms with Crippen molar-refractivity contribution in [1.29, 1.82) is 0 Å². The van der Waals surface area contributed by atoms with Gasteiger partial charge in [0.1, 0.15) is 5.69 Å². The number of nitrogens with one attached hydrogen (secondary N) is 1. The molecule has 1 saturated heterocycles. The second-order valence-electron chi connectivity index (χ2n) is 6.24. The number of hydrogen-bond donors (Lipinski definition) is 1. The van der Waals surface area contributed by atoms with Crippen molar-refractivity contribution >= 4 is 5.91 Å². The van der Waals surface area contributed by atoms with Crippen LogP contribution in [0.15, 0.2) is 36.4 Å². The van der Waals surface area contributed by atoms with Crippen LogP contribution in [0.4, 0.5) is 0 Å². The molecule has 1 fully saturated rings. The number of ether oxygens (including phenoxy) is 1. The van der Waals surface area contributed by atoms with Gasteiger partial charge in [-0.15, -0.1) is 0 Å². The molecule has 1 amide bonds. The fourth-order valence-electron chi connectivity index (χ4n) is 3.08. The van der Waals surface area contributed by atoms with E-state index in [1.807, 2.05) is 29.8 Å². The van der Waals surface area contributed by atoms with Gasteiger partial charge in [0.2, 0.25) is 0 Å². The topological polar surface area (TPSA) is 46.5 Å². The van der Waals surface area contributed by atoms with E-state index >= 15 is 0 Å². The molecule has 1 N–H and O–H groups in total. The highest BCUT2D eigenvalue weighted by molar-refractivity contribution is 5.93. The van der Waals surface area contributed by atoms with E-state index in [9.17, 15) is 4.79 Å². The molecule has 5 nitrogen and oxygen atoms in total. The predicted molar refractivity (Wildman–Crippen MR) is 95.2 cm³/mol. The van der Waals surface area contributed by atoms with Gasteiger partial charge in [0.15, 0.2) is 0 Å². The Morgan fingerprint density at radius 3 is 2.75 bits per heavy atom. The highest BCUT2D eigenvalue weighted by Crippen LogP contribution is 2.22. The van der Waals surface area contributed by atoms with E-state index in [-0.39, 0.29) is 5.91 Å². The van der Waals surface area contributed by atoms with Crippen LogP contribution in [0.2, 0.25) is 0 Å². The number of amides is 1. The average molecular weight is 327 g/mol. The molecule has 128 valence electrons. The van der Waals surface area contributed by atoms with Gasteiger partial charge in [-0.3, -0.25) is 9.69 Å². The van der Waals surface area contributed by atoms with Crippen LogP contribution in [0.25, 0.3) is 11.3 Å². The number of aryl methyl sites for hydroxylation is 1. The van der Waals surface area contributed by atoms with Gasteiger partial charge < -0.3 is 14.6 Å². The maximum absolute atomic E-state index is 12.4. The molecular formula is C19H25N3O2. The third-order valence-electron chi connectivity index (χ3n) is 4.49. The molecule has 0 radical (unpaired) electrons. The van der Waals surface area contributed by atoms with Crippen molar-refractivity contribution < 1.29 is 9.53 Å². The van der Waals surface area contributed by atoms with Gasteiger partial charge in [-0.25, -0.2) is 0 Å². The van der Waals surface area contributed by atoms with Crippen molar-refractivity contribution in [2.24, 2.45) is 7.05 Å². The van der Waals surface area contributed by atoms with E-state index < -0.39 is 0 Å². The van der Waals surface area contributed by atoms with Crippen molar-refractivity contribution in [1.82, 2.24) is 14.8 Å². The first-order valence-corrected chi connectivity index (χ1v) is 8.46. The summed E-state index contributed by atoms with van der Waals surface area (Å²) in [7, 11) is 1.94. The lowest BCUT2D eigenvalue weighted by atomic mass is 10.1. The molecule has 2 heterocycles. The quantitative estimate of drug-likeness (QED) is 0.914. The summed E-state index contributed by atoms with van der Waals surface area (Å²) in [5.74, 6) is -0.0235. The summed E-state index contributed by atoms with van der Waals surface area (Å²) < 4.78 is 7.29. The van der Waals surface area contributed by atoms with Gasteiger partial charge in [-0.2, -0.15) is 0 Å². The van der Waals surface area contributed by atoms with Crippen LogP contribution in [-0.4, -0.2) is 54.8 Å². The Balaban J connectivity index is 1.61. The molecule has 0 unspecified atom stereocenters. The Morgan fingerprint density at radius 1 is 1.21 bits per heavy atom. The van der Waals surface area contributed by atoms with Crippen LogP contribution in [-0.2, 0) is 11.8 Å². The zero-order chi connectivity index (χ0) is 16.9. The molecule has 2 aromatic rings. The standard InChI is InChI=1S/C19H25N3O2/c1-15-4-3-5-16(14-15)17-6-7-18(21(17)2)19(23)20-8-9-22-10-12-24-13-11-22/h3-7,14H,8-13H2,1-2H3,(H,20,23). The number of rotatable bonds is 5. The summed E-state index contributed by atoms with van der Waals surface area (Å²) >= 11 is 0. The fourth-order valence-corrected chi connectivity index (χ4v) is 3.08. The summed E-state index contributed by atoms with van der Waals surface area (Å²) in [6, 6.07) is 12.2. The Hall–Kier alpha value is -2.11. The normalized spacial score (nSPS) is 15.4. The first-order chi connectivity index (χ1) is 11.6. The number of hydrogen-bond acceptors (Lipinski definition) is 3. The zero-order valence-electron chi connectivity index (χ0n) is 14.4. The maximum atomic E-state index is 12.4. The number of aromatic nitrogens is 1. The summed E-state index contributed by atoms with van der Waals surface area (Å²) in [4.78, 5) is 14.8. The van der Waals surface area contributed by atoms with E-state index in [0.717, 1.165) is 44.1 Å². The van der Waals surface area contributed by atoms with E-state index in [1.165, 1.54) is 5.56 Å². The summed E-state index contributed by atoms with van der Waals surface area (Å²) in [6.07, 6.45) is 0.